The molecular weight excluding hydrogens is 226 g/mol. The van der Waals surface area contributed by atoms with E-state index in [2.05, 4.69) is 35.8 Å². The van der Waals surface area contributed by atoms with E-state index in [9.17, 15) is 5.11 Å². The third kappa shape index (κ3) is 2.80. The van der Waals surface area contributed by atoms with E-state index in [0.29, 0.717) is 11.5 Å². The molecule has 0 bridgehead atoms. The summed E-state index contributed by atoms with van der Waals surface area (Å²) in [4.78, 5) is 10.5. The van der Waals surface area contributed by atoms with Gasteiger partial charge in [-0.25, -0.2) is 9.97 Å². The maximum absolute atomic E-state index is 9.34. The van der Waals surface area contributed by atoms with Crippen molar-refractivity contribution in [3.05, 3.63) is 18.1 Å². The van der Waals surface area contributed by atoms with Gasteiger partial charge in [-0.05, 0) is 31.1 Å². The highest BCUT2D eigenvalue weighted by molar-refractivity contribution is 5.45. The van der Waals surface area contributed by atoms with Crippen LogP contribution in [0.15, 0.2) is 12.5 Å². The summed E-state index contributed by atoms with van der Waals surface area (Å²) in [6.45, 7) is 4.68. The minimum Gasteiger partial charge on any atom is -0.391 e. The number of hydrogen-bond donors (Lipinski definition) is 1. The fourth-order valence-corrected chi connectivity index (χ4v) is 2.73. The lowest BCUT2D eigenvalue weighted by Crippen LogP contribution is -2.38. The summed E-state index contributed by atoms with van der Waals surface area (Å²) in [6, 6.07) is 0.526. The molecule has 1 saturated carbocycles. The lowest BCUT2D eigenvalue weighted by molar-refractivity contribution is 0.221. The molecule has 1 fully saturated rings. The first kappa shape index (κ1) is 13.3. The fraction of sp³-hybridized carbons (Fsp3) is 0.714. The van der Waals surface area contributed by atoms with Gasteiger partial charge in [0.2, 0.25) is 0 Å². The van der Waals surface area contributed by atoms with Crippen LogP contribution in [0.25, 0.3) is 0 Å². The molecule has 0 amide bonds. The molecule has 0 aromatic carbocycles. The highest BCUT2D eigenvalue weighted by Crippen LogP contribution is 2.37. The Labute approximate surface area is 109 Å². The molecule has 18 heavy (non-hydrogen) atoms. The van der Waals surface area contributed by atoms with Gasteiger partial charge in [0.15, 0.2) is 0 Å². The van der Waals surface area contributed by atoms with Crippen molar-refractivity contribution in [2.45, 2.75) is 52.2 Å². The van der Waals surface area contributed by atoms with Crippen LogP contribution < -0.4 is 4.90 Å². The molecule has 2 rings (SSSR count). The van der Waals surface area contributed by atoms with Gasteiger partial charge in [0, 0.05) is 24.8 Å². The van der Waals surface area contributed by atoms with Crippen LogP contribution in [-0.4, -0.2) is 28.2 Å². The van der Waals surface area contributed by atoms with E-state index in [-0.39, 0.29) is 6.61 Å². The molecule has 0 atom stereocenters. The van der Waals surface area contributed by atoms with Gasteiger partial charge >= 0.3 is 0 Å². The number of aliphatic hydroxyl groups excluding tert-OH is 1. The van der Waals surface area contributed by atoms with Crippen LogP contribution in [0.1, 0.15) is 45.1 Å². The highest BCUT2D eigenvalue weighted by Gasteiger charge is 2.29. The van der Waals surface area contributed by atoms with Gasteiger partial charge < -0.3 is 10.0 Å². The molecule has 1 aliphatic rings. The molecule has 1 aromatic heterocycles. The zero-order valence-electron chi connectivity index (χ0n) is 11.6. The van der Waals surface area contributed by atoms with Crippen molar-refractivity contribution in [1.29, 1.82) is 0 Å². The van der Waals surface area contributed by atoms with Gasteiger partial charge in [0.05, 0.1) is 6.61 Å². The second-order valence-electron chi connectivity index (χ2n) is 6.04. The van der Waals surface area contributed by atoms with E-state index in [0.717, 1.165) is 11.4 Å². The Bertz CT molecular complexity index is 396. The van der Waals surface area contributed by atoms with Crippen LogP contribution >= 0.6 is 0 Å². The molecule has 0 aliphatic heterocycles. The van der Waals surface area contributed by atoms with Gasteiger partial charge in [-0.2, -0.15) is 0 Å². The van der Waals surface area contributed by atoms with Crippen molar-refractivity contribution in [2.24, 2.45) is 5.41 Å². The van der Waals surface area contributed by atoms with Crippen molar-refractivity contribution < 1.29 is 5.11 Å². The number of rotatable bonds is 3. The van der Waals surface area contributed by atoms with Crippen molar-refractivity contribution in [2.75, 3.05) is 11.9 Å². The standard InChI is InChI=1S/C14H23N3O/c1-14(2)6-4-12(5-7-14)17(3)13-11(9-18)8-15-10-16-13/h8,10,12,18H,4-7,9H2,1-3H3. The minimum absolute atomic E-state index is 0.00126. The van der Waals surface area contributed by atoms with Gasteiger partial charge in [0.1, 0.15) is 12.1 Å². The predicted octanol–water partition coefficient (Wildman–Crippen LogP) is 2.37. The average Bonchev–Trinajstić information content (AvgIpc) is 2.38. The van der Waals surface area contributed by atoms with Crippen LogP contribution in [0.2, 0.25) is 0 Å². The topological polar surface area (TPSA) is 49.2 Å². The summed E-state index contributed by atoms with van der Waals surface area (Å²) < 4.78 is 0. The van der Waals surface area contributed by atoms with Crippen LogP contribution in [-0.2, 0) is 6.61 Å². The summed E-state index contributed by atoms with van der Waals surface area (Å²) >= 11 is 0. The quantitative estimate of drug-likeness (QED) is 0.893. The number of nitrogens with zero attached hydrogens (tertiary/aromatic N) is 3. The van der Waals surface area contributed by atoms with Crippen molar-refractivity contribution in [1.82, 2.24) is 9.97 Å². The van der Waals surface area contributed by atoms with E-state index in [1.165, 1.54) is 25.7 Å². The smallest absolute Gasteiger partial charge is 0.137 e. The Hall–Kier alpha value is -1.16. The molecular formula is C14H23N3O. The molecule has 100 valence electrons. The Morgan fingerprint density at radius 3 is 2.67 bits per heavy atom. The van der Waals surface area contributed by atoms with Crippen LogP contribution in [0.3, 0.4) is 0 Å². The normalized spacial score (nSPS) is 19.8. The Balaban J connectivity index is 2.10. The maximum Gasteiger partial charge on any atom is 0.137 e. The molecule has 1 N–H and O–H groups in total. The first-order valence-corrected chi connectivity index (χ1v) is 6.66. The summed E-state index contributed by atoms with van der Waals surface area (Å²) in [5.41, 5.74) is 1.29. The lowest BCUT2D eigenvalue weighted by atomic mass is 9.75. The van der Waals surface area contributed by atoms with Crippen molar-refractivity contribution >= 4 is 5.82 Å². The highest BCUT2D eigenvalue weighted by atomic mass is 16.3. The second kappa shape index (κ2) is 5.22. The summed E-state index contributed by atoms with van der Waals surface area (Å²) in [5.74, 6) is 0.872. The SMILES string of the molecule is CN(c1ncncc1CO)C1CCC(C)(C)CC1. The molecule has 0 spiro atoms. The number of aliphatic hydroxyl groups is 1. The van der Waals surface area contributed by atoms with Crippen LogP contribution in [0.5, 0.6) is 0 Å². The zero-order chi connectivity index (χ0) is 13.2. The summed E-state index contributed by atoms with van der Waals surface area (Å²) in [5, 5.41) is 9.34. The van der Waals surface area contributed by atoms with Gasteiger partial charge in [-0.3, -0.25) is 0 Å². The lowest BCUT2D eigenvalue weighted by Gasteiger charge is -2.39. The first-order valence-electron chi connectivity index (χ1n) is 6.66. The minimum atomic E-state index is -0.00126. The van der Waals surface area contributed by atoms with E-state index < -0.39 is 0 Å². The summed E-state index contributed by atoms with van der Waals surface area (Å²) in [7, 11) is 2.07. The summed E-state index contributed by atoms with van der Waals surface area (Å²) in [6.07, 6.45) is 8.14. The largest absolute Gasteiger partial charge is 0.391 e. The van der Waals surface area contributed by atoms with Crippen LogP contribution in [0, 0.1) is 5.41 Å². The van der Waals surface area contributed by atoms with Crippen LogP contribution in [0.4, 0.5) is 5.82 Å². The molecule has 4 heteroatoms. The fourth-order valence-electron chi connectivity index (χ4n) is 2.73. The van der Waals surface area contributed by atoms with E-state index in [1.807, 2.05) is 0 Å². The molecule has 1 aliphatic carbocycles. The predicted molar refractivity (Wildman–Crippen MR) is 72.4 cm³/mol. The van der Waals surface area contributed by atoms with E-state index in [4.69, 9.17) is 0 Å². The average molecular weight is 249 g/mol. The van der Waals surface area contributed by atoms with Gasteiger partial charge in [0.25, 0.3) is 0 Å². The Morgan fingerprint density at radius 2 is 2.06 bits per heavy atom. The van der Waals surface area contributed by atoms with E-state index >= 15 is 0 Å². The Morgan fingerprint density at radius 1 is 1.39 bits per heavy atom. The van der Waals surface area contributed by atoms with Gasteiger partial charge in [-0.15, -0.1) is 0 Å². The Kier molecular flexibility index (Phi) is 3.85. The van der Waals surface area contributed by atoms with Crippen molar-refractivity contribution in [3.63, 3.8) is 0 Å². The molecule has 1 heterocycles. The zero-order valence-corrected chi connectivity index (χ0v) is 11.6. The third-order valence-electron chi connectivity index (χ3n) is 4.13. The van der Waals surface area contributed by atoms with Crippen molar-refractivity contribution in [3.8, 4) is 0 Å². The number of hydrogen-bond acceptors (Lipinski definition) is 4. The first-order chi connectivity index (χ1) is 8.53. The van der Waals surface area contributed by atoms with E-state index in [1.54, 1.807) is 12.5 Å². The third-order valence-corrected chi connectivity index (χ3v) is 4.13. The monoisotopic (exact) mass is 249 g/mol. The van der Waals surface area contributed by atoms with Gasteiger partial charge in [-0.1, -0.05) is 13.8 Å². The number of anilines is 1. The molecule has 0 saturated heterocycles. The number of aromatic nitrogens is 2. The molecule has 1 aromatic rings. The molecule has 0 unspecified atom stereocenters. The molecule has 4 nitrogen and oxygen atoms in total. The maximum atomic E-state index is 9.34. The second-order valence-corrected chi connectivity index (χ2v) is 6.04. The molecule has 0 radical (unpaired) electrons.